The van der Waals surface area contributed by atoms with Crippen LogP contribution in [0.15, 0.2) is 22.7 Å². The quantitative estimate of drug-likeness (QED) is 0.903. The molecule has 20 heavy (non-hydrogen) atoms. The minimum Gasteiger partial charge on any atom is -0.309 e. The van der Waals surface area contributed by atoms with Gasteiger partial charge in [-0.2, -0.15) is 5.10 Å². The van der Waals surface area contributed by atoms with E-state index in [9.17, 15) is 0 Å². The number of aromatic nitrogens is 2. The summed E-state index contributed by atoms with van der Waals surface area (Å²) in [5.74, 6) is 0. The highest BCUT2D eigenvalue weighted by atomic mass is 79.9. The molecule has 0 aliphatic carbocycles. The number of aryl methyl sites for hydroxylation is 3. The maximum atomic E-state index is 4.75. The molecule has 0 spiro atoms. The van der Waals surface area contributed by atoms with Crippen molar-refractivity contribution in [3.05, 3.63) is 39.5 Å². The fourth-order valence-corrected chi connectivity index (χ4v) is 3.88. The minimum atomic E-state index is 0.418. The van der Waals surface area contributed by atoms with Crippen LogP contribution < -0.4 is 5.32 Å². The first kappa shape index (κ1) is 13.8. The zero-order valence-corrected chi connectivity index (χ0v) is 13.8. The van der Waals surface area contributed by atoms with Crippen LogP contribution in [0, 0.1) is 13.8 Å². The summed E-state index contributed by atoms with van der Waals surface area (Å²) in [6.07, 6.45) is 2.42. The topological polar surface area (TPSA) is 29.9 Å². The van der Waals surface area contributed by atoms with Crippen LogP contribution in [0.5, 0.6) is 0 Å². The molecule has 1 aliphatic rings. The molecule has 0 bridgehead atoms. The summed E-state index contributed by atoms with van der Waals surface area (Å²) in [5.41, 5.74) is 6.08. The number of benzene rings is 1. The zero-order chi connectivity index (χ0) is 14.3. The van der Waals surface area contributed by atoms with E-state index in [2.05, 4.69) is 53.3 Å². The molecular formula is C16H20BrN3. The fourth-order valence-electron chi connectivity index (χ4n) is 3.06. The highest BCUT2D eigenvalue weighted by Gasteiger charge is 2.25. The lowest BCUT2D eigenvalue weighted by atomic mass is 10.0. The SMILES string of the molecule is Cc1ccc(-c2nn(C)c(C3CCCN3)c2Br)c(C)c1. The largest absolute Gasteiger partial charge is 0.309 e. The van der Waals surface area contributed by atoms with Gasteiger partial charge in [-0.15, -0.1) is 0 Å². The molecule has 2 aromatic rings. The van der Waals surface area contributed by atoms with E-state index in [-0.39, 0.29) is 0 Å². The molecule has 1 saturated heterocycles. The Balaban J connectivity index is 2.08. The maximum absolute atomic E-state index is 4.75. The van der Waals surface area contributed by atoms with Crippen molar-refractivity contribution < 1.29 is 0 Å². The van der Waals surface area contributed by atoms with Crippen molar-refractivity contribution in [3.8, 4) is 11.3 Å². The highest BCUT2D eigenvalue weighted by Crippen LogP contribution is 2.37. The maximum Gasteiger partial charge on any atom is 0.107 e. The van der Waals surface area contributed by atoms with E-state index in [1.54, 1.807) is 0 Å². The molecule has 1 atom stereocenters. The van der Waals surface area contributed by atoms with Gasteiger partial charge in [0.25, 0.3) is 0 Å². The van der Waals surface area contributed by atoms with E-state index >= 15 is 0 Å². The second-order valence-corrected chi connectivity index (χ2v) is 6.43. The first-order valence-corrected chi connectivity index (χ1v) is 7.90. The van der Waals surface area contributed by atoms with Gasteiger partial charge in [0, 0.05) is 12.6 Å². The molecule has 3 rings (SSSR count). The number of hydrogen-bond donors (Lipinski definition) is 1. The van der Waals surface area contributed by atoms with Crippen molar-refractivity contribution >= 4 is 15.9 Å². The Morgan fingerprint density at radius 3 is 2.80 bits per heavy atom. The molecule has 0 radical (unpaired) electrons. The Labute approximate surface area is 128 Å². The Morgan fingerprint density at radius 2 is 2.15 bits per heavy atom. The number of nitrogens with zero attached hydrogens (tertiary/aromatic N) is 2. The summed E-state index contributed by atoms with van der Waals surface area (Å²) in [5, 5.41) is 8.30. The minimum absolute atomic E-state index is 0.418. The van der Waals surface area contributed by atoms with Crippen molar-refractivity contribution in [2.75, 3.05) is 6.54 Å². The number of hydrogen-bond acceptors (Lipinski definition) is 2. The van der Waals surface area contributed by atoms with E-state index in [1.165, 1.54) is 35.2 Å². The van der Waals surface area contributed by atoms with Gasteiger partial charge in [-0.3, -0.25) is 4.68 Å². The summed E-state index contributed by atoms with van der Waals surface area (Å²) in [4.78, 5) is 0. The van der Waals surface area contributed by atoms with E-state index in [0.29, 0.717) is 6.04 Å². The molecule has 106 valence electrons. The van der Waals surface area contributed by atoms with Gasteiger partial charge in [0.2, 0.25) is 0 Å². The summed E-state index contributed by atoms with van der Waals surface area (Å²) in [6.45, 7) is 5.37. The Hall–Kier alpha value is -1.13. The van der Waals surface area contributed by atoms with Gasteiger partial charge in [-0.05, 0) is 54.7 Å². The van der Waals surface area contributed by atoms with Crippen LogP contribution >= 0.6 is 15.9 Å². The number of halogens is 1. The highest BCUT2D eigenvalue weighted by molar-refractivity contribution is 9.10. The molecule has 1 fully saturated rings. The van der Waals surface area contributed by atoms with Crippen LogP contribution in [0.25, 0.3) is 11.3 Å². The molecule has 3 nitrogen and oxygen atoms in total. The molecule has 0 saturated carbocycles. The lowest BCUT2D eigenvalue weighted by Gasteiger charge is -2.11. The molecule has 1 aliphatic heterocycles. The van der Waals surface area contributed by atoms with Crippen LogP contribution in [0.3, 0.4) is 0 Å². The van der Waals surface area contributed by atoms with Crippen molar-refractivity contribution in [1.29, 1.82) is 0 Å². The van der Waals surface area contributed by atoms with Crippen molar-refractivity contribution in [1.82, 2.24) is 15.1 Å². The average molecular weight is 334 g/mol. The molecule has 1 aromatic carbocycles. The average Bonchev–Trinajstić information content (AvgIpc) is 2.98. The van der Waals surface area contributed by atoms with Gasteiger partial charge in [-0.1, -0.05) is 23.8 Å². The van der Waals surface area contributed by atoms with Gasteiger partial charge in [0.15, 0.2) is 0 Å². The summed E-state index contributed by atoms with van der Waals surface area (Å²) < 4.78 is 3.15. The van der Waals surface area contributed by atoms with Crippen LogP contribution in [0.1, 0.15) is 35.7 Å². The van der Waals surface area contributed by atoms with Crippen molar-refractivity contribution in [3.63, 3.8) is 0 Å². The second-order valence-electron chi connectivity index (χ2n) is 5.64. The fraction of sp³-hybridized carbons (Fsp3) is 0.438. The molecule has 1 unspecified atom stereocenters. The number of nitrogens with one attached hydrogen (secondary N) is 1. The Bertz CT molecular complexity index is 639. The molecule has 0 amide bonds. The van der Waals surface area contributed by atoms with Gasteiger partial charge in [0.05, 0.1) is 16.2 Å². The third kappa shape index (κ3) is 2.31. The van der Waals surface area contributed by atoms with Gasteiger partial charge in [0.1, 0.15) is 5.69 Å². The second kappa shape index (κ2) is 5.34. The van der Waals surface area contributed by atoms with Crippen molar-refractivity contribution in [2.24, 2.45) is 7.05 Å². The normalized spacial score (nSPS) is 18.7. The van der Waals surface area contributed by atoms with Crippen LogP contribution in [0.4, 0.5) is 0 Å². The summed E-state index contributed by atoms with van der Waals surface area (Å²) in [7, 11) is 2.03. The predicted octanol–water partition coefficient (Wildman–Crippen LogP) is 3.89. The van der Waals surface area contributed by atoms with Crippen LogP contribution in [-0.4, -0.2) is 16.3 Å². The van der Waals surface area contributed by atoms with Gasteiger partial charge < -0.3 is 5.32 Å². The summed E-state index contributed by atoms with van der Waals surface area (Å²) >= 11 is 3.78. The predicted molar refractivity (Wildman–Crippen MR) is 85.8 cm³/mol. The number of rotatable bonds is 2. The first-order chi connectivity index (χ1) is 9.58. The molecular weight excluding hydrogens is 314 g/mol. The molecule has 2 heterocycles. The zero-order valence-electron chi connectivity index (χ0n) is 12.2. The molecule has 1 aromatic heterocycles. The van der Waals surface area contributed by atoms with Crippen LogP contribution in [0.2, 0.25) is 0 Å². The Morgan fingerprint density at radius 1 is 1.35 bits per heavy atom. The third-order valence-electron chi connectivity index (χ3n) is 4.06. The summed E-state index contributed by atoms with van der Waals surface area (Å²) in [6, 6.07) is 6.95. The van der Waals surface area contributed by atoms with Crippen molar-refractivity contribution in [2.45, 2.75) is 32.7 Å². The van der Waals surface area contributed by atoms with Crippen LogP contribution in [-0.2, 0) is 7.05 Å². The van der Waals surface area contributed by atoms with E-state index in [4.69, 9.17) is 5.10 Å². The Kier molecular flexibility index (Phi) is 3.69. The van der Waals surface area contributed by atoms with E-state index in [1.807, 2.05) is 11.7 Å². The van der Waals surface area contributed by atoms with E-state index < -0.39 is 0 Å². The molecule has 4 heteroatoms. The lowest BCUT2D eigenvalue weighted by Crippen LogP contribution is -2.16. The van der Waals surface area contributed by atoms with Gasteiger partial charge in [-0.25, -0.2) is 0 Å². The lowest BCUT2D eigenvalue weighted by molar-refractivity contribution is 0.572. The molecule has 1 N–H and O–H groups in total. The van der Waals surface area contributed by atoms with E-state index in [0.717, 1.165) is 16.7 Å². The monoisotopic (exact) mass is 333 g/mol. The third-order valence-corrected chi connectivity index (χ3v) is 4.84. The first-order valence-electron chi connectivity index (χ1n) is 7.11. The van der Waals surface area contributed by atoms with Gasteiger partial charge >= 0.3 is 0 Å². The standard InChI is InChI=1S/C16H20BrN3/c1-10-6-7-12(11(2)9-10)15-14(17)16(20(3)19-15)13-5-4-8-18-13/h6-7,9,13,18H,4-5,8H2,1-3H3. The smallest absolute Gasteiger partial charge is 0.107 e.